The highest BCUT2D eigenvalue weighted by Crippen LogP contribution is 2.28. The molecule has 0 amide bonds. The lowest BCUT2D eigenvalue weighted by molar-refractivity contribution is 0.115. The molecule has 0 aromatic carbocycles. The second kappa shape index (κ2) is 4.89. The zero-order valence-corrected chi connectivity index (χ0v) is 10.2. The van der Waals surface area contributed by atoms with Gasteiger partial charge in [0.2, 0.25) is 0 Å². The van der Waals surface area contributed by atoms with Gasteiger partial charge in [-0.25, -0.2) is 0 Å². The molecule has 0 saturated carbocycles. The third-order valence-electron chi connectivity index (χ3n) is 2.46. The Kier molecular flexibility index (Phi) is 4.03. The molecule has 2 nitrogen and oxygen atoms in total. The van der Waals surface area contributed by atoms with Crippen LogP contribution in [0.15, 0.2) is 24.5 Å². The van der Waals surface area contributed by atoms with E-state index in [0.29, 0.717) is 5.92 Å². The van der Waals surface area contributed by atoms with Gasteiger partial charge in [0.1, 0.15) is 0 Å². The van der Waals surface area contributed by atoms with Gasteiger partial charge in [0.05, 0.1) is 11.4 Å². The average Bonchev–Trinajstić information content (AvgIpc) is 2.16. The highest BCUT2D eigenvalue weighted by Gasteiger charge is 2.34. The minimum atomic E-state index is -0.372. The fourth-order valence-corrected chi connectivity index (χ4v) is 1.65. The van der Waals surface area contributed by atoms with Crippen molar-refractivity contribution < 1.29 is 9.31 Å². The first-order valence-corrected chi connectivity index (χ1v) is 5.69. The fraction of sp³-hybridized carbons (Fsp3) is 0.667. The van der Waals surface area contributed by atoms with Crippen LogP contribution in [0, 0.1) is 5.92 Å². The lowest BCUT2D eigenvalue weighted by atomic mass is 9.81. The standard InChI is InChI=1S/C12H21BO2/c1-6-12(5)9-11(8-10(3)4)14-13(7-2)15-12/h6,9-10H,1,7-8H2,2-5H3. The molecule has 0 spiro atoms. The highest BCUT2D eigenvalue weighted by molar-refractivity contribution is 6.45. The molecule has 1 unspecified atom stereocenters. The Bertz CT molecular complexity index is 260. The van der Waals surface area contributed by atoms with Crippen molar-refractivity contribution in [1.29, 1.82) is 0 Å². The third-order valence-corrected chi connectivity index (χ3v) is 2.46. The fourth-order valence-electron chi connectivity index (χ4n) is 1.65. The van der Waals surface area contributed by atoms with Crippen molar-refractivity contribution in [1.82, 2.24) is 0 Å². The molecule has 0 N–H and O–H groups in total. The van der Waals surface area contributed by atoms with Gasteiger partial charge in [-0.05, 0) is 25.2 Å². The zero-order chi connectivity index (χ0) is 11.5. The van der Waals surface area contributed by atoms with Crippen LogP contribution in [0.4, 0.5) is 0 Å². The van der Waals surface area contributed by atoms with Crippen LogP contribution in [-0.2, 0) is 9.31 Å². The van der Waals surface area contributed by atoms with E-state index in [4.69, 9.17) is 9.31 Å². The predicted octanol–water partition coefficient (Wildman–Crippen LogP) is 3.42. The second-order valence-corrected chi connectivity index (χ2v) is 4.67. The van der Waals surface area contributed by atoms with E-state index in [1.165, 1.54) is 0 Å². The maximum Gasteiger partial charge on any atom is 0.525 e. The van der Waals surface area contributed by atoms with Crippen LogP contribution in [0.25, 0.3) is 0 Å². The van der Waals surface area contributed by atoms with Gasteiger partial charge in [-0.1, -0.05) is 33.4 Å². The van der Waals surface area contributed by atoms with Crippen molar-refractivity contribution in [2.24, 2.45) is 5.92 Å². The van der Waals surface area contributed by atoms with E-state index in [1.807, 2.05) is 19.1 Å². The summed E-state index contributed by atoms with van der Waals surface area (Å²) in [4.78, 5) is 0. The van der Waals surface area contributed by atoms with Crippen LogP contribution in [0.1, 0.15) is 34.1 Å². The summed E-state index contributed by atoms with van der Waals surface area (Å²) in [5.41, 5.74) is -0.372. The van der Waals surface area contributed by atoms with Crippen LogP contribution in [-0.4, -0.2) is 12.7 Å². The van der Waals surface area contributed by atoms with Crippen LogP contribution in [0.2, 0.25) is 6.32 Å². The number of hydrogen-bond acceptors (Lipinski definition) is 2. The number of rotatable bonds is 4. The lowest BCUT2D eigenvalue weighted by Crippen LogP contribution is -2.39. The van der Waals surface area contributed by atoms with Crippen molar-refractivity contribution in [3.8, 4) is 0 Å². The van der Waals surface area contributed by atoms with Crippen molar-refractivity contribution in [2.45, 2.75) is 46.0 Å². The number of hydrogen-bond donors (Lipinski definition) is 0. The van der Waals surface area contributed by atoms with Crippen LogP contribution in [0.3, 0.4) is 0 Å². The van der Waals surface area contributed by atoms with Gasteiger partial charge >= 0.3 is 7.12 Å². The lowest BCUT2D eigenvalue weighted by Gasteiger charge is -2.34. The van der Waals surface area contributed by atoms with E-state index in [2.05, 4.69) is 27.4 Å². The van der Waals surface area contributed by atoms with Gasteiger partial charge in [0.15, 0.2) is 0 Å². The molecule has 0 aliphatic carbocycles. The molecule has 0 aromatic rings. The van der Waals surface area contributed by atoms with Gasteiger partial charge in [0.25, 0.3) is 0 Å². The van der Waals surface area contributed by atoms with E-state index in [1.54, 1.807) is 0 Å². The maximum absolute atomic E-state index is 5.77. The number of allylic oxidation sites excluding steroid dienone is 1. The molecule has 1 atom stereocenters. The molecule has 0 aromatic heterocycles. The molecule has 1 rings (SSSR count). The second-order valence-electron chi connectivity index (χ2n) is 4.67. The summed E-state index contributed by atoms with van der Waals surface area (Å²) >= 11 is 0. The van der Waals surface area contributed by atoms with Crippen molar-refractivity contribution in [3.63, 3.8) is 0 Å². The van der Waals surface area contributed by atoms with Gasteiger partial charge in [-0.3, -0.25) is 0 Å². The third kappa shape index (κ3) is 3.42. The maximum atomic E-state index is 5.77. The summed E-state index contributed by atoms with van der Waals surface area (Å²) in [6.45, 7) is 12.3. The minimum absolute atomic E-state index is 0.133. The zero-order valence-electron chi connectivity index (χ0n) is 10.2. The topological polar surface area (TPSA) is 18.5 Å². The first-order chi connectivity index (χ1) is 6.99. The van der Waals surface area contributed by atoms with E-state index in [0.717, 1.165) is 18.5 Å². The van der Waals surface area contributed by atoms with Crippen molar-refractivity contribution >= 4 is 7.12 Å². The van der Waals surface area contributed by atoms with Gasteiger partial charge in [0, 0.05) is 6.42 Å². The molecule has 0 radical (unpaired) electrons. The Morgan fingerprint density at radius 2 is 2.27 bits per heavy atom. The summed E-state index contributed by atoms with van der Waals surface area (Å²) in [5.74, 6) is 1.63. The van der Waals surface area contributed by atoms with Gasteiger partial charge in [-0.2, -0.15) is 0 Å². The van der Waals surface area contributed by atoms with E-state index < -0.39 is 0 Å². The molecule has 0 fully saturated rings. The Balaban J connectivity index is 2.80. The molecule has 15 heavy (non-hydrogen) atoms. The van der Waals surface area contributed by atoms with E-state index in [9.17, 15) is 0 Å². The Morgan fingerprint density at radius 3 is 2.73 bits per heavy atom. The quantitative estimate of drug-likeness (QED) is 0.520. The minimum Gasteiger partial charge on any atom is -0.539 e. The Labute approximate surface area is 93.5 Å². The van der Waals surface area contributed by atoms with Crippen molar-refractivity contribution in [3.05, 3.63) is 24.5 Å². The Morgan fingerprint density at radius 1 is 1.60 bits per heavy atom. The smallest absolute Gasteiger partial charge is 0.525 e. The normalized spacial score (nSPS) is 26.2. The molecular formula is C12H21BO2. The van der Waals surface area contributed by atoms with Gasteiger partial charge in [-0.15, -0.1) is 0 Å². The Hall–Kier alpha value is -0.695. The summed E-state index contributed by atoms with van der Waals surface area (Å²) in [6, 6.07) is 0. The van der Waals surface area contributed by atoms with Crippen molar-refractivity contribution in [2.75, 3.05) is 0 Å². The average molecular weight is 208 g/mol. The molecule has 84 valence electrons. The summed E-state index contributed by atoms with van der Waals surface area (Å²) in [5, 5.41) is 0. The molecule has 1 aliphatic heterocycles. The highest BCUT2D eigenvalue weighted by atomic mass is 16.6. The monoisotopic (exact) mass is 208 g/mol. The molecular weight excluding hydrogens is 187 g/mol. The molecule has 0 bridgehead atoms. The summed E-state index contributed by atoms with van der Waals surface area (Å²) in [7, 11) is -0.133. The van der Waals surface area contributed by atoms with Crippen LogP contribution < -0.4 is 0 Å². The molecule has 0 saturated heterocycles. The SMILES string of the molecule is C=CC1(C)C=C(CC(C)C)OB(CC)O1. The molecule has 1 aliphatic rings. The molecule has 1 heterocycles. The van der Waals surface area contributed by atoms with Crippen LogP contribution in [0.5, 0.6) is 0 Å². The van der Waals surface area contributed by atoms with Gasteiger partial charge < -0.3 is 9.31 Å². The van der Waals surface area contributed by atoms with E-state index in [-0.39, 0.29) is 12.7 Å². The summed E-state index contributed by atoms with van der Waals surface area (Å²) in [6.07, 6.45) is 5.69. The predicted molar refractivity (Wildman–Crippen MR) is 64.5 cm³/mol. The van der Waals surface area contributed by atoms with Crippen LogP contribution >= 0.6 is 0 Å². The first-order valence-electron chi connectivity index (χ1n) is 5.69. The first kappa shape index (κ1) is 12.4. The molecule has 3 heteroatoms. The van der Waals surface area contributed by atoms with E-state index >= 15 is 0 Å². The largest absolute Gasteiger partial charge is 0.539 e. The summed E-state index contributed by atoms with van der Waals surface area (Å²) < 4.78 is 11.5.